The third-order valence-corrected chi connectivity index (χ3v) is 5.26. The summed E-state index contributed by atoms with van der Waals surface area (Å²) in [7, 11) is 0. The standard InChI is InChI=1S/C23H26FN5O/c24-21-15-27-22-12-16(6-7-20(21)22)28-17(14-25)13-23(26)29-10-8-19(9-11-29)30-18-4-2-1-3-5-18/h1-7,12-15,19,27-28H,8-11,25-26H2/b17-14+,23-13+. The molecule has 1 aliphatic rings. The molecular formula is C23H26FN5O. The summed E-state index contributed by atoms with van der Waals surface area (Å²) in [4.78, 5) is 5.03. The van der Waals surface area contributed by atoms with Crippen LogP contribution in [0.2, 0.25) is 0 Å². The van der Waals surface area contributed by atoms with Crippen molar-refractivity contribution >= 4 is 16.6 Å². The lowest BCUT2D eigenvalue weighted by atomic mass is 10.1. The van der Waals surface area contributed by atoms with Crippen LogP contribution in [0.5, 0.6) is 5.75 Å². The van der Waals surface area contributed by atoms with E-state index in [1.165, 1.54) is 12.4 Å². The van der Waals surface area contributed by atoms with Gasteiger partial charge in [0.1, 0.15) is 23.5 Å². The number of piperidine rings is 1. The highest BCUT2D eigenvalue weighted by Crippen LogP contribution is 2.23. The van der Waals surface area contributed by atoms with Crippen molar-refractivity contribution in [1.82, 2.24) is 9.88 Å². The van der Waals surface area contributed by atoms with Crippen molar-refractivity contribution in [2.45, 2.75) is 18.9 Å². The molecule has 30 heavy (non-hydrogen) atoms. The van der Waals surface area contributed by atoms with E-state index < -0.39 is 0 Å². The lowest BCUT2D eigenvalue weighted by Gasteiger charge is -2.33. The second kappa shape index (κ2) is 8.82. The van der Waals surface area contributed by atoms with E-state index >= 15 is 0 Å². The molecule has 1 saturated heterocycles. The Balaban J connectivity index is 1.35. The minimum atomic E-state index is -0.269. The smallest absolute Gasteiger partial charge is 0.148 e. The van der Waals surface area contributed by atoms with Gasteiger partial charge in [0.15, 0.2) is 0 Å². The van der Waals surface area contributed by atoms with Gasteiger partial charge in [0.05, 0.1) is 11.2 Å². The second-order valence-electron chi connectivity index (χ2n) is 7.33. The minimum Gasteiger partial charge on any atom is -0.490 e. The second-order valence-corrected chi connectivity index (χ2v) is 7.33. The van der Waals surface area contributed by atoms with Gasteiger partial charge in [-0.3, -0.25) is 0 Å². The van der Waals surface area contributed by atoms with Crippen LogP contribution in [0, 0.1) is 5.82 Å². The molecule has 6 nitrogen and oxygen atoms in total. The van der Waals surface area contributed by atoms with Crippen molar-refractivity contribution in [2.75, 3.05) is 18.4 Å². The number of H-pyrrole nitrogens is 1. The van der Waals surface area contributed by atoms with Gasteiger partial charge in [0.2, 0.25) is 0 Å². The van der Waals surface area contributed by atoms with E-state index in [2.05, 4.69) is 15.2 Å². The number of nitrogens with one attached hydrogen (secondary N) is 2. The number of fused-ring (bicyclic) bond motifs is 1. The summed E-state index contributed by atoms with van der Waals surface area (Å²) < 4.78 is 19.7. The normalized spacial score (nSPS) is 16.1. The highest BCUT2D eigenvalue weighted by Gasteiger charge is 2.21. The lowest BCUT2D eigenvalue weighted by Crippen LogP contribution is -2.39. The molecule has 3 aromatic rings. The number of likely N-dealkylation sites (tertiary alicyclic amines) is 1. The van der Waals surface area contributed by atoms with Gasteiger partial charge >= 0.3 is 0 Å². The number of ether oxygens (including phenoxy) is 1. The van der Waals surface area contributed by atoms with Crippen LogP contribution in [0.3, 0.4) is 0 Å². The summed E-state index contributed by atoms with van der Waals surface area (Å²) in [6.45, 7) is 1.62. The van der Waals surface area contributed by atoms with Gasteiger partial charge in [-0.1, -0.05) is 18.2 Å². The van der Waals surface area contributed by atoms with Crippen LogP contribution in [0.15, 0.2) is 78.5 Å². The Kier molecular flexibility index (Phi) is 5.79. The monoisotopic (exact) mass is 407 g/mol. The number of anilines is 1. The summed E-state index contributed by atoms with van der Waals surface area (Å²) in [6, 6.07) is 15.2. The minimum absolute atomic E-state index is 0.187. The first kappa shape index (κ1) is 19.7. The molecule has 2 aromatic carbocycles. The SMILES string of the molecule is N/C=C(\C=C(/N)N1CCC(Oc2ccccc2)CC1)Nc1ccc2c(F)c[nH]c2c1. The Morgan fingerprint density at radius 2 is 1.93 bits per heavy atom. The Morgan fingerprint density at radius 1 is 1.17 bits per heavy atom. The van der Waals surface area contributed by atoms with Crippen molar-refractivity contribution in [3.8, 4) is 5.75 Å². The first-order chi connectivity index (χ1) is 14.6. The molecule has 0 bridgehead atoms. The Bertz CT molecular complexity index is 1050. The van der Waals surface area contributed by atoms with Gasteiger partial charge in [-0.15, -0.1) is 0 Å². The molecule has 0 radical (unpaired) electrons. The average molecular weight is 407 g/mol. The van der Waals surface area contributed by atoms with Gasteiger partial charge in [-0.25, -0.2) is 4.39 Å². The number of benzene rings is 2. The maximum absolute atomic E-state index is 13.6. The summed E-state index contributed by atoms with van der Waals surface area (Å²) in [5, 5.41) is 3.78. The fourth-order valence-corrected chi connectivity index (χ4v) is 3.64. The van der Waals surface area contributed by atoms with Crippen LogP contribution in [-0.4, -0.2) is 29.1 Å². The molecule has 6 N–H and O–H groups in total. The number of halogens is 1. The molecule has 156 valence electrons. The number of aromatic nitrogens is 1. The summed E-state index contributed by atoms with van der Waals surface area (Å²) in [5.74, 6) is 1.27. The number of para-hydroxylation sites is 1. The average Bonchev–Trinajstić information content (AvgIpc) is 3.14. The number of hydrogen-bond donors (Lipinski definition) is 4. The highest BCUT2D eigenvalue weighted by molar-refractivity contribution is 5.83. The number of nitrogens with two attached hydrogens (primary N) is 2. The van der Waals surface area contributed by atoms with E-state index in [9.17, 15) is 4.39 Å². The molecular weight excluding hydrogens is 381 g/mol. The molecule has 0 amide bonds. The zero-order valence-electron chi connectivity index (χ0n) is 16.6. The third kappa shape index (κ3) is 4.51. The predicted molar refractivity (Wildman–Crippen MR) is 118 cm³/mol. The maximum Gasteiger partial charge on any atom is 0.148 e. The van der Waals surface area contributed by atoms with Crippen LogP contribution in [-0.2, 0) is 0 Å². The van der Waals surface area contributed by atoms with Gasteiger partial charge in [-0.05, 0) is 30.3 Å². The van der Waals surface area contributed by atoms with Crippen LogP contribution < -0.4 is 21.5 Å². The van der Waals surface area contributed by atoms with Crippen LogP contribution >= 0.6 is 0 Å². The van der Waals surface area contributed by atoms with Gasteiger partial charge in [0.25, 0.3) is 0 Å². The molecule has 4 rings (SSSR count). The fourth-order valence-electron chi connectivity index (χ4n) is 3.64. The summed E-state index contributed by atoms with van der Waals surface area (Å²) >= 11 is 0. The zero-order chi connectivity index (χ0) is 20.9. The van der Waals surface area contributed by atoms with Crippen molar-refractivity contribution in [3.05, 3.63) is 84.3 Å². The molecule has 0 unspecified atom stereocenters. The fraction of sp³-hybridized carbons (Fsp3) is 0.217. The van der Waals surface area contributed by atoms with Crippen LogP contribution in [0.4, 0.5) is 10.1 Å². The molecule has 0 spiro atoms. The predicted octanol–water partition coefficient (Wildman–Crippen LogP) is 3.86. The zero-order valence-corrected chi connectivity index (χ0v) is 16.6. The first-order valence-electron chi connectivity index (χ1n) is 10.0. The topological polar surface area (TPSA) is 92.3 Å². The number of nitrogens with zero attached hydrogens (tertiary/aromatic N) is 1. The molecule has 7 heteroatoms. The van der Waals surface area contributed by atoms with E-state index in [4.69, 9.17) is 16.2 Å². The van der Waals surface area contributed by atoms with Gasteiger partial charge in [-0.2, -0.15) is 0 Å². The lowest BCUT2D eigenvalue weighted by molar-refractivity contribution is 0.117. The summed E-state index contributed by atoms with van der Waals surface area (Å²) in [6.07, 6.45) is 6.61. The van der Waals surface area contributed by atoms with Crippen LogP contribution in [0.25, 0.3) is 10.9 Å². The molecule has 1 aliphatic heterocycles. The Labute approximate surface area is 175 Å². The van der Waals surface area contributed by atoms with Crippen molar-refractivity contribution in [1.29, 1.82) is 0 Å². The van der Waals surface area contributed by atoms with E-state index in [0.717, 1.165) is 37.4 Å². The number of aromatic amines is 1. The largest absolute Gasteiger partial charge is 0.490 e. The Morgan fingerprint density at radius 3 is 2.67 bits per heavy atom. The van der Waals surface area contributed by atoms with E-state index in [1.807, 2.05) is 42.5 Å². The number of hydrogen-bond acceptors (Lipinski definition) is 5. The van der Waals surface area contributed by atoms with Crippen LogP contribution in [0.1, 0.15) is 12.8 Å². The third-order valence-electron chi connectivity index (χ3n) is 5.26. The van der Waals surface area contributed by atoms with E-state index in [1.54, 1.807) is 12.1 Å². The number of rotatable bonds is 6. The summed E-state index contributed by atoms with van der Waals surface area (Å²) in [5.41, 5.74) is 14.3. The molecule has 1 fully saturated rings. The van der Waals surface area contributed by atoms with Crippen molar-refractivity contribution in [2.24, 2.45) is 11.5 Å². The van der Waals surface area contributed by atoms with E-state index in [-0.39, 0.29) is 11.9 Å². The highest BCUT2D eigenvalue weighted by atomic mass is 19.1. The molecule has 0 aliphatic carbocycles. The van der Waals surface area contributed by atoms with Gasteiger partial charge < -0.3 is 31.4 Å². The molecule has 0 atom stereocenters. The van der Waals surface area contributed by atoms with Crippen molar-refractivity contribution in [3.63, 3.8) is 0 Å². The Hall–Kier alpha value is -3.61. The first-order valence-corrected chi connectivity index (χ1v) is 10.0. The van der Waals surface area contributed by atoms with Crippen molar-refractivity contribution < 1.29 is 9.13 Å². The maximum atomic E-state index is 13.6. The molecule has 2 heterocycles. The molecule has 1 aromatic heterocycles. The quantitative estimate of drug-likeness (QED) is 0.466. The number of allylic oxidation sites excluding steroid dienone is 1. The molecule has 0 saturated carbocycles. The van der Waals surface area contributed by atoms with E-state index in [0.29, 0.717) is 22.4 Å². The van der Waals surface area contributed by atoms with Gasteiger partial charge in [0, 0.05) is 55.5 Å².